The molecule has 0 aliphatic heterocycles. The van der Waals surface area contributed by atoms with E-state index in [1.165, 1.54) is 42.2 Å². The largest absolute Gasteiger partial charge is 0.378 e. The fourth-order valence-corrected chi connectivity index (χ4v) is 3.46. The van der Waals surface area contributed by atoms with E-state index in [0.717, 1.165) is 30.7 Å². The predicted octanol–water partition coefficient (Wildman–Crippen LogP) is 2.78. The number of thiazole rings is 1. The molecule has 0 amide bonds. The van der Waals surface area contributed by atoms with Crippen molar-refractivity contribution in [2.75, 3.05) is 25.1 Å². The Hall–Kier alpha value is -0.650. The van der Waals surface area contributed by atoms with Crippen LogP contribution in [0.15, 0.2) is 0 Å². The van der Waals surface area contributed by atoms with Gasteiger partial charge in [0, 0.05) is 37.7 Å². The highest BCUT2D eigenvalue weighted by Crippen LogP contribution is 2.34. The minimum absolute atomic E-state index is 0.624. The summed E-state index contributed by atoms with van der Waals surface area (Å²) in [4.78, 5) is 8.61. The minimum Gasteiger partial charge on any atom is -0.378 e. The summed E-state index contributed by atoms with van der Waals surface area (Å²) >= 11 is 1.84. The van der Waals surface area contributed by atoms with Gasteiger partial charge in [-0.25, -0.2) is 4.98 Å². The first-order valence-electron chi connectivity index (χ1n) is 7.76. The second-order valence-corrected chi connectivity index (χ2v) is 7.00. The van der Waals surface area contributed by atoms with Crippen LogP contribution in [0.1, 0.15) is 43.2 Å². The number of nitrogens with zero attached hydrogens (tertiary/aromatic N) is 2. The topological polar surface area (TPSA) is 37.4 Å². The van der Waals surface area contributed by atoms with Crippen LogP contribution in [0.5, 0.6) is 0 Å². The molecule has 2 aliphatic carbocycles. The quantitative estimate of drug-likeness (QED) is 0.760. The first-order chi connectivity index (χ1) is 9.80. The van der Waals surface area contributed by atoms with Crippen molar-refractivity contribution in [2.24, 2.45) is 5.92 Å². The Morgan fingerprint density at radius 3 is 2.75 bits per heavy atom. The van der Waals surface area contributed by atoms with Gasteiger partial charge >= 0.3 is 0 Å². The lowest BCUT2D eigenvalue weighted by Crippen LogP contribution is -2.25. The molecule has 0 saturated heterocycles. The van der Waals surface area contributed by atoms with Crippen molar-refractivity contribution in [3.8, 4) is 0 Å². The zero-order valence-electron chi connectivity index (χ0n) is 12.5. The van der Waals surface area contributed by atoms with Crippen LogP contribution in [0.3, 0.4) is 0 Å². The van der Waals surface area contributed by atoms with E-state index in [0.29, 0.717) is 6.61 Å². The smallest absolute Gasteiger partial charge is 0.185 e. The molecule has 3 rings (SSSR count). The molecule has 1 aromatic rings. The number of hydrogen-bond acceptors (Lipinski definition) is 5. The van der Waals surface area contributed by atoms with Crippen LogP contribution in [0.2, 0.25) is 0 Å². The Labute approximate surface area is 125 Å². The molecule has 0 unspecified atom stereocenters. The molecular formula is C15H25N3OS. The summed E-state index contributed by atoms with van der Waals surface area (Å²) in [6.07, 6.45) is 5.44. The third-order valence-corrected chi connectivity index (χ3v) is 5.16. The van der Waals surface area contributed by atoms with E-state index in [4.69, 9.17) is 9.72 Å². The number of rotatable bonds is 9. The van der Waals surface area contributed by atoms with Gasteiger partial charge in [-0.1, -0.05) is 0 Å². The van der Waals surface area contributed by atoms with Gasteiger partial charge in [0.1, 0.15) is 0 Å². The molecule has 0 bridgehead atoms. The third kappa shape index (κ3) is 3.71. The molecule has 20 heavy (non-hydrogen) atoms. The molecule has 112 valence electrons. The molecule has 0 spiro atoms. The average Bonchev–Trinajstić information content (AvgIpc) is 3.36. The maximum absolute atomic E-state index is 5.31. The van der Waals surface area contributed by atoms with E-state index in [2.05, 4.69) is 17.1 Å². The minimum atomic E-state index is 0.624. The first-order valence-corrected chi connectivity index (χ1v) is 8.57. The van der Waals surface area contributed by atoms with Gasteiger partial charge in [0.05, 0.1) is 12.3 Å². The monoisotopic (exact) mass is 295 g/mol. The summed E-state index contributed by atoms with van der Waals surface area (Å²) in [5.41, 5.74) is 1.12. The molecule has 1 N–H and O–H groups in total. The van der Waals surface area contributed by atoms with Gasteiger partial charge in [0.2, 0.25) is 0 Å². The highest BCUT2D eigenvalue weighted by atomic mass is 32.1. The lowest BCUT2D eigenvalue weighted by molar-refractivity contribution is 0.181. The number of nitrogens with one attached hydrogen (secondary N) is 1. The van der Waals surface area contributed by atoms with Crippen molar-refractivity contribution in [3.63, 3.8) is 0 Å². The molecular weight excluding hydrogens is 270 g/mol. The van der Waals surface area contributed by atoms with Crippen LogP contribution in [-0.2, 0) is 17.9 Å². The van der Waals surface area contributed by atoms with Crippen molar-refractivity contribution in [2.45, 2.75) is 51.8 Å². The van der Waals surface area contributed by atoms with Gasteiger partial charge < -0.3 is 15.0 Å². The summed E-state index contributed by atoms with van der Waals surface area (Å²) in [5, 5.41) is 4.77. The van der Waals surface area contributed by atoms with Gasteiger partial charge in [-0.2, -0.15) is 0 Å². The number of ether oxygens (including phenoxy) is 1. The maximum atomic E-state index is 5.31. The lowest BCUT2D eigenvalue weighted by Gasteiger charge is -2.19. The molecule has 1 aromatic heterocycles. The summed E-state index contributed by atoms with van der Waals surface area (Å²) in [5.74, 6) is 0.901. The Bertz CT molecular complexity index is 440. The molecule has 0 aromatic carbocycles. The van der Waals surface area contributed by atoms with Crippen LogP contribution in [-0.4, -0.2) is 31.2 Å². The highest BCUT2D eigenvalue weighted by Gasteiger charge is 2.26. The van der Waals surface area contributed by atoms with E-state index in [1.807, 2.05) is 11.3 Å². The van der Waals surface area contributed by atoms with E-state index in [9.17, 15) is 0 Å². The number of hydrogen-bond donors (Lipinski definition) is 1. The fraction of sp³-hybridized carbons (Fsp3) is 0.800. The third-order valence-electron chi connectivity index (χ3n) is 4.00. The van der Waals surface area contributed by atoms with Crippen LogP contribution < -0.4 is 10.2 Å². The van der Waals surface area contributed by atoms with E-state index >= 15 is 0 Å². The molecule has 2 fully saturated rings. The number of aromatic nitrogens is 1. The second-order valence-electron chi connectivity index (χ2n) is 5.94. The van der Waals surface area contributed by atoms with Crippen molar-refractivity contribution >= 4 is 16.5 Å². The van der Waals surface area contributed by atoms with Gasteiger partial charge in [-0.05, 0) is 38.5 Å². The Kier molecular flexibility index (Phi) is 4.58. The molecule has 2 aliphatic rings. The fourth-order valence-electron chi connectivity index (χ4n) is 2.37. The molecule has 5 heteroatoms. The van der Waals surface area contributed by atoms with E-state index in [1.54, 1.807) is 7.11 Å². The summed E-state index contributed by atoms with van der Waals surface area (Å²) in [7, 11) is 1.75. The van der Waals surface area contributed by atoms with Crippen molar-refractivity contribution < 1.29 is 4.74 Å². The SMILES string of the molecule is CCN(CC1CC1)c1nc(COC)c(CNC2CC2)s1. The predicted molar refractivity (Wildman–Crippen MR) is 83.3 cm³/mol. The highest BCUT2D eigenvalue weighted by molar-refractivity contribution is 7.15. The zero-order chi connectivity index (χ0) is 13.9. The Morgan fingerprint density at radius 1 is 1.35 bits per heavy atom. The van der Waals surface area contributed by atoms with Crippen molar-refractivity contribution in [3.05, 3.63) is 10.6 Å². The first kappa shape index (κ1) is 14.3. The van der Waals surface area contributed by atoms with E-state index < -0.39 is 0 Å². The van der Waals surface area contributed by atoms with Crippen LogP contribution >= 0.6 is 11.3 Å². The van der Waals surface area contributed by atoms with Gasteiger partial charge in [-0.3, -0.25) is 0 Å². The molecule has 0 radical (unpaired) electrons. The lowest BCUT2D eigenvalue weighted by atomic mass is 10.3. The number of anilines is 1. The molecule has 2 saturated carbocycles. The average molecular weight is 295 g/mol. The molecule has 1 heterocycles. The summed E-state index contributed by atoms with van der Waals surface area (Å²) < 4.78 is 5.31. The summed E-state index contributed by atoms with van der Waals surface area (Å²) in [6.45, 7) is 6.01. The Balaban J connectivity index is 1.69. The van der Waals surface area contributed by atoms with Crippen LogP contribution in [0.4, 0.5) is 5.13 Å². The van der Waals surface area contributed by atoms with Gasteiger partial charge in [0.15, 0.2) is 5.13 Å². The van der Waals surface area contributed by atoms with E-state index in [-0.39, 0.29) is 0 Å². The van der Waals surface area contributed by atoms with Gasteiger partial charge in [0.25, 0.3) is 0 Å². The van der Waals surface area contributed by atoms with Gasteiger partial charge in [-0.15, -0.1) is 11.3 Å². The molecule has 4 nitrogen and oxygen atoms in total. The van der Waals surface area contributed by atoms with Crippen molar-refractivity contribution in [1.82, 2.24) is 10.3 Å². The van der Waals surface area contributed by atoms with Crippen molar-refractivity contribution in [1.29, 1.82) is 0 Å². The second kappa shape index (κ2) is 6.41. The summed E-state index contributed by atoms with van der Waals surface area (Å²) in [6, 6.07) is 0.740. The number of methoxy groups -OCH3 is 1. The van der Waals surface area contributed by atoms with Crippen LogP contribution in [0.25, 0.3) is 0 Å². The standard InChI is InChI=1S/C15H25N3OS/c1-3-18(9-11-4-5-11)15-17-13(10-19-2)14(20-15)8-16-12-6-7-12/h11-12,16H,3-10H2,1-2H3. The Morgan fingerprint density at radius 2 is 2.15 bits per heavy atom. The zero-order valence-corrected chi connectivity index (χ0v) is 13.3. The maximum Gasteiger partial charge on any atom is 0.185 e. The molecule has 0 atom stereocenters. The normalized spacial score (nSPS) is 18.5. The van der Waals surface area contributed by atoms with Crippen LogP contribution in [0, 0.1) is 5.92 Å².